The maximum atomic E-state index is 5.68. The van der Waals surface area contributed by atoms with Crippen LogP contribution in [0.4, 0.5) is 0 Å². The van der Waals surface area contributed by atoms with E-state index in [1.807, 2.05) is 12.1 Å². The van der Waals surface area contributed by atoms with Gasteiger partial charge in [-0.1, -0.05) is 23.2 Å². The number of benzene rings is 1. The van der Waals surface area contributed by atoms with Gasteiger partial charge in [0.25, 0.3) is 0 Å². The van der Waals surface area contributed by atoms with Gasteiger partial charge in [-0.3, -0.25) is 0 Å². The average molecular weight is 203 g/mol. The molecule has 12 heavy (non-hydrogen) atoms. The van der Waals surface area contributed by atoms with Crippen molar-refractivity contribution in [3.05, 3.63) is 40.9 Å². The SMILES string of the molecule is ClC=CCOc1ccc(Cl)cc1. The van der Waals surface area contributed by atoms with Gasteiger partial charge in [0.1, 0.15) is 12.4 Å². The molecule has 0 aliphatic rings. The van der Waals surface area contributed by atoms with Gasteiger partial charge in [-0.15, -0.1) is 0 Å². The normalized spacial score (nSPS) is 10.5. The van der Waals surface area contributed by atoms with E-state index >= 15 is 0 Å². The Bertz CT molecular complexity index is 254. The Hall–Kier alpha value is -0.660. The lowest BCUT2D eigenvalue weighted by atomic mass is 10.3. The van der Waals surface area contributed by atoms with Gasteiger partial charge >= 0.3 is 0 Å². The molecule has 1 aromatic carbocycles. The van der Waals surface area contributed by atoms with E-state index in [4.69, 9.17) is 27.9 Å². The monoisotopic (exact) mass is 202 g/mol. The highest BCUT2D eigenvalue weighted by Crippen LogP contribution is 2.15. The molecule has 0 saturated heterocycles. The van der Waals surface area contributed by atoms with Crippen LogP contribution in [0.25, 0.3) is 0 Å². The lowest BCUT2D eigenvalue weighted by molar-refractivity contribution is 0.363. The third-order valence-corrected chi connectivity index (χ3v) is 1.68. The first-order chi connectivity index (χ1) is 5.83. The third-order valence-electron chi connectivity index (χ3n) is 1.25. The zero-order chi connectivity index (χ0) is 8.81. The molecule has 1 rings (SSSR count). The fraction of sp³-hybridized carbons (Fsp3) is 0.111. The quantitative estimate of drug-likeness (QED) is 0.730. The maximum absolute atomic E-state index is 5.68. The van der Waals surface area contributed by atoms with E-state index in [1.54, 1.807) is 18.2 Å². The van der Waals surface area contributed by atoms with Gasteiger partial charge in [-0.2, -0.15) is 0 Å². The molecule has 0 heterocycles. The van der Waals surface area contributed by atoms with Gasteiger partial charge in [-0.05, 0) is 30.3 Å². The summed E-state index contributed by atoms with van der Waals surface area (Å²) in [4.78, 5) is 0. The molecule has 1 aromatic rings. The predicted octanol–water partition coefficient (Wildman–Crippen LogP) is 3.47. The summed E-state index contributed by atoms with van der Waals surface area (Å²) in [6.45, 7) is 0.477. The molecule has 0 aliphatic carbocycles. The smallest absolute Gasteiger partial charge is 0.119 e. The lowest BCUT2D eigenvalue weighted by Gasteiger charge is -2.01. The summed E-state index contributed by atoms with van der Waals surface area (Å²) in [5, 5.41) is 0.704. The van der Waals surface area contributed by atoms with Crippen LogP contribution in [0.1, 0.15) is 0 Å². The molecule has 0 aromatic heterocycles. The van der Waals surface area contributed by atoms with Crippen molar-refractivity contribution in [3.63, 3.8) is 0 Å². The fourth-order valence-electron chi connectivity index (χ4n) is 0.712. The van der Waals surface area contributed by atoms with Gasteiger partial charge < -0.3 is 4.74 Å². The zero-order valence-electron chi connectivity index (χ0n) is 6.34. The summed E-state index contributed by atoms with van der Waals surface area (Å²) >= 11 is 11.0. The van der Waals surface area contributed by atoms with Crippen LogP contribution in [0.15, 0.2) is 35.9 Å². The van der Waals surface area contributed by atoms with Crippen molar-refractivity contribution in [1.82, 2.24) is 0 Å². The highest BCUT2D eigenvalue weighted by Gasteiger charge is 1.90. The minimum absolute atomic E-state index is 0.477. The molecular formula is C9H8Cl2O. The van der Waals surface area contributed by atoms with E-state index in [-0.39, 0.29) is 0 Å². The Labute approximate surface area is 81.6 Å². The molecule has 0 amide bonds. The average Bonchev–Trinajstić information content (AvgIpc) is 2.09. The highest BCUT2D eigenvalue weighted by molar-refractivity contribution is 6.30. The van der Waals surface area contributed by atoms with Crippen molar-refractivity contribution in [2.75, 3.05) is 6.61 Å². The largest absolute Gasteiger partial charge is 0.490 e. The molecule has 0 N–H and O–H groups in total. The van der Waals surface area contributed by atoms with Crippen LogP contribution in [-0.4, -0.2) is 6.61 Å². The van der Waals surface area contributed by atoms with Gasteiger partial charge in [0.2, 0.25) is 0 Å². The van der Waals surface area contributed by atoms with Gasteiger partial charge in [-0.25, -0.2) is 0 Å². The van der Waals surface area contributed by atoms with E-state index in [0.29, 0.717) is 11.6 Å². The molecule has 0 bridgehead atoms. The van der Waals surface area contributed by atoms with E-state index < -0.39 is 0 Å². The standard InChI is InChI=1S/C9H8Cl2O/c10-6-1-7-12-9-4-2-8(11)3-5-9/h1-6H,7H2. The van der Waals surface area contributed by atoms with Crippen LogP contribution in [0.5, 0.6) is 5.75 Å². The Morgan fingerprint density at radius 2 is 1.92 bits per heavy atom. The van der Waals surface area contributed by atoms with E-state index in [9.17, 15) is 0 Å². The van der Waals surface area contributed by atoms with Gasteiger partial charge in [0.15, 0.2) is 0 Å². The highest BCUT2D eigenvalue weighted by atomic mass is 35.5. The zero-order valence-corrected chi connectivity index (χ0v) is 7.85. The molecule has 64 valence electrons. The van der Waals surface area contributed by atoms with Crippen molar-refractivity contribution >= 4 is 23.2 Å². The van der Waals surface area contributed by atoms with Crippen LogP contribution in [0.3, 0.4) is 0 Å². The first kappa shape index (κ1) is 9.43. The minimum Gasteiger partial charge on any atom is -0.490 e. The first-order valence-corrected chi connectivity index (χ1v) is 4.28. The molecular weight excluding hydrogens is 195 g/mol. The second kappa shape index (κ2) is 5.07. The van der Waals surface area contributed by atoms with Crippen LogP contribution >= 0.6 is 23.2 Å². The third kappa shape index (κ3) is 3.16. The number of hydrogen-bond acceptors (Lipinski definition) is 1. The molecule has 0 atom stereocenters. The Morgan fingerprint density at radius 3 is 2.50 bits per heavy atom. The molecule has 0 spiro atoms. The molecule has 0 unspecified atom stereocenters. The van der Waals surface area contributed by atoms with Crippen molar-refractivity contribution < 1.29 is 4.74 Å². The van der Waals surface area contributed by atoms with Gasteiger partial charge in [0.05, 0.1) is 0 Å². The van der Waals surface area contributed by atoms with Gasteiger partial charge in [0, 0.05) is 10.6 Å². The summed E-state index contributed by atoms with van der Waals surface area (Å²) < 4.78 is 5.27. The summed E-state index contributed by atoms with van der Waals surface area (Å²) in [6, 6.07) is 7.18. The predicted molar refractivity (Wildman–Crippen MR) is 51.9 cm³/mol. The Kier molecular flexibility index (Phi) is 3.98. The molecule has 0 radical (unpaired) electrons. The van der Waals surface area contributed by atoms with Crippen LogP contribution < -0.4 is 4.74 Å². The number of rotatable bonds is 3. The Balaban J connectivity index is 2.47. The first-order valence-electron chi connectivity index (χ1n) is 3.46. The summed E-state index contributed by atoms with van der Waals surface area (Å²) in [5.41, 5.74) is 1.43. The van der Waals surface area contributed by atoms with Crippen LogP contribution in [0.2, 0.25) is 5.02 Å². The molecule has 0 saturated carbocycles. The molecule has 3 heteroatoms. The van der Waals surface area contributed by atoms with Crippen molar-refractivity contribution in [2.45, 2.75) is 0 Å². The Morgan fingerprint density at radius 1 is 1.25 bits per heavy atom. The van der Waals surface area contributed by atoms with E-state index in [1.165, 1.54) is 5.54 Å². The second-order valence-corrected chi connectivity index (χ2v) is 2.82. The number of halogens is 2. The fourth-order valence-corrected chi connectivity index (χ4v) is 0.910. The number of hydrogen-bond donors (Lipinski definition) is 0. The maximum Gasteiger partial charge on any atom is 0.119 e. The second-order valence-electron chi connectivity index (χ2n) is 2.13. The minimum atomic E-state index is 0.477. The van der Waals surface area contributed by atoms with Crippen molar-refractivity contribution in [1.29, 1.82) is 0 Å². The van der Waals surface area contributed by atoms with Crippen molar-refractivity contribution in [2.24, 2.45) is 0 Å². The summed E-state index contributed by atoms with van der Waals surface area (Å²) in [7, 11) is 0. The summed E-state index contributed by atoms with van der Waals surface area (Å²) in [6.07, 6.45) is 1.72. The van der Waals surface area contributed by atoms with Crippen molar-refractivity contribution in [3.8, 4) is 5.75 Å². The van der Waals surface area contributed by atoms with E-state index in [0.717, 1.165) is 5.75 Å². The summed E-state index contributed by atoms with van der Waals surface area (Å²) in [5.74, 6) is 0.786. The molecule has 0 aliphatic heterocycles. The lowest BCUT2D eigenvalue weighted by Crippen LogP contribution is -1.91. The topological polar surface area (TPSA) is 9.23 Å². The van der Waals surface area contributed by atoms with E-state index in [2.05, 4.69) is 0 Å². The van der Waals surface area contributed by atoms with Crippen LogP contribution in [0, 0.1) is 0 Å². The molecule has 1 nitrogen and oxygen atoms in total. The molecule has 0 fully saturated rings. The van der Waals surface area contributed by atoms with Crippen LogP contribution in [-0.2, 0) is 0 Å². The number of ether oxygens (including phenoxy) is 1.